The first-order chi connectivity index (χ1) is 11.3. The molecule has 1 aliphatic rings. The third kappa shape index (κ3) is 5.21. The molecule has 120 valence electrons. The molecule has 1 saturated heterocycles. The summed E-state index contributed by atoms with van der Waals surface area (Å²) in [4.78, 5) is 5.03. The minimum Gasteiger partial charge on any atom is -0.297 e. The maximum atomic E-state index is 5.94. The molecule has 0 unspecified atom stereocenters. The predicted molar refractivity (Wildman–Crippen MR) is 98.6 cm³/mol. The van der Waals surface area contributed by atoms with Crippen molar-refractivity contribution >= 4 is 17.7 Å². The van der Waals surface area contributed by atoms with E-state index in [1.165, 1.54) is 11.1 Å². The lowest BCUT2D eigenvalue weighted by molar-refractivity contribution is 0.137. The van der Waals surface area contributed by atoms with Gasteiger partial charge in [-0.05, 0) is 23.3 Å². The van der Waals surface area contributed by atoms with Gasteiger partial charge in [-0.1, -0.05) is 66.2 Å². The van der Waals surface area contributed by atoms with Crippen molar-refractivity contribution in [1.82, 2.24) is 9.80 Å². The van der Waals surface area contributed by atoms with Crippen LogP contribution in [0.3, 0.4) is 0 Å². The van der Waals surface area contributed by atoms with E-state index in [-0.39, 0.29) is 0 Å². The molecule has 0 amide bonds. The summed E-state index contributed by atoms with van der Waals surface area (Å²) in [5, 5.41) is 0.809. The first-order valence-corrected chi connectivity index (χ1v) is 8.58. The van der Waals surface area contributed by atoms with Gasteiger partial charge in [0.2, 0.25) is 0 Å². The van der Waals surface area contributed by atoms with Crippen LogP contribution in [0.15, 0.2) is 60.7 Å². The highest BCUT2D eigenvalue weighted by molar-refractivity contribution is 6.30. The van der Waals surface area contributed by atoms with Gasteiger partial charge in [0.25, 0.3) is 0 Å². The summed E-state index contributed by atoms with van der Waals surface area (Å²) in [5.74, 6) is 0. The molecule has 0 saturated carbocycles. The van der Waals surface area contributed by atoms with Gasteiger partial charge in [-0.15, -0.1) is 0 Å². The van der Waals surface area contributed by atoms with Crippen LogP contribution in [0.1, 0.15) is 11.1 Å². The Labute approximate surface area is 144 Å². The molecule has 3 rings (SSSR count). The van der Waals surface area contributed by atoms with Gasteiger partial charge in [-0.2, -0.15) is 0 Å². The minimum absolute atomic E-state index is 0.809. The monoisotopic (exact) mass is 326 g/mol. The van der Waals surface area contributed by atoms with Gasteiger partial charge in [-0.3, -0.25) is 9.80 Å². The van der Waals surface area contributed by atoms with Crippen LogP contribution >= 0.6 is 11.6 Å². The van der Waals surface area contributed by atoms with Crippen molar-refractivity contribution < 1.29 is 0 Å². The Bertz CT molecular complexity index is 614. The van der Waals surface area contributed by atoms with Gasteiger partial charge in [-0.25, -0.2) is 0 Å². The second-order valence-electron chi connectivity index (χ2n) is 6.02. The quantitative estimate of drug-likeness (QED) is 0.813. The van der Waals surface area contributed by atoms with E-state index >= 15 is 0 Å². The van der Waals surface area contributed by atoms with Crippen LogP contribution in [0.5, 0.6) is 0 Å². The summed E-state index contributed by atoms with van der Waals surface area (Å²) >= 11 is 5.94. The Kier molecular flexibility index (Phi) is 5.87. The zero-order valence-corrected chi connectivity index (χ0v) is 14.1. The SMILES string of the molecule is Clc1ccc(CN2CCN(C/C=C/c3ccccc3)CC2)cc1. The van der Waals surface area contributed by atoms with Crippen LogP contribution in [-0.2, 0) is 6.54 Å². The summed E-state index contributed by atoms with van der Waals surface area (Å²) in [5.41, 5.74) is 2.61. The predicted octanol–water partition coefficient (Wildman–Crippen LogP) is 4.17. The van der Waals surface area contributed by atoms with E-state index in [9.17, 15) is 0 Å². The number of halogens is 1. The van der Waals surface area contributed by atoms with Crippen LogP contribution in [0.4, 0.5) is 0 Å². The number of rotatable bonds is 5. The molecule has 0 spiro atoms. The van der Waals surface area contributed by atoms with Gasteiger partial charge in [0.15, 0.2) is 0 Å². The van der Waals surface area contributed by atoms with Crippen LogP contribution < -0.4 is 0 Å². The van der Waals surface area contributed by atoms with Gasteiger partial charge in [0, 0.05) is 44.3 Å². The van der Waals surface area contributed by atoms with Crippen LogP contribution in [0.25, 0.3) is 6.08 Å². The number of hydrogen-bond acceptors (Lipinski definition) is 2. The molecule has 2 aromatic rings. The molecule has 1 heterocycles. The van der Waals surface area contributed by atoms with E-state index in [4.69, 9.17) is 11.6 Å². The highest BCUT2D eigenvalue weighted by Crippen LogP contribution is 2.13. The van der Waals surface area contributed by atoms with Crippen molar-refractivity contribution in [3.63, 3.8) is 0 Å². The third-order valence-corrected chi connectivity index (χ3v) is 4.51. The fourth-order valence-corrected chi connectivity index (χ4v) is 3.01. The molecular formula is C20H23ClN2. The number of hydrogen-bond donors (Lipinski definition) is 0. The van der Waals surface area contributed by atoms with Gasteiger partial charge < -0.3 is 0 Å². The number of piperazine rings is 1. The highest BCUT2D eigenvalue weighted by atomic mass is 35.5. The standard InChI is InChI=1S/C20H23ClN2/c21-20-10-8-19(9-11-20)17-23-15-13-22(14-16-23)12-4-7-18-5-2-1-3-6-18/h1-11H,12-17H2/b7-4+. The molecule has 0 bridgehead atoms. The Hall–Kier alpha value is -1.61. The molecule has 3 heteroatoms. The van der Waals surface area contributed by atoms with E-state index in [0.29, 0.717) is 0 Å². The maximum absolute atomic E-state index is 5.94. The van der Waals surface area contributed by atoms with Crippen LogP contribution in [0.2, 0.25) is 5.02 Å². The number of benzene rings is 2. The largest absolute Gasteiger partial charge is 0.297 e. The van der Waals surface area contributed by atoms with E-state index in [1.54, 1.807) is 0 Å². The molecule has 23 heavy (non-hydrogen) atoms. The first-order valence-electron chi connectivity index (χ1n) is 8.20. The lowest BCUT2D eigenvalue weighted by Gasteiger charge is -2.34. The summed E-state index contributed by atoms with van der Waals surface area (Å²) in [6.45, 7) is 6.57. The fourth-order valence-electron chi connectivity index (χ4n) is 2.88. The molecule has 0 aliphatic carbocycles. The van der Waals surface area contributed by atoms with Crippen molar-refractivity contribution in [3.05, 3.63) is 76.8 Å². The van der Waals surface area contributed by atoms with Gasteiger partial charge in [0.1, 0.15) is 0 Å². The molecule has 2 nitrogen and oxygen atoms in total. The summed E-state index contributed by atoms with van der Waals surface area (Å²) in [6, 6.07) is 18.7. The fraction of sp³-hybridized carbons (Fsp3) is 0.300. The molecule has 1 fully saturated rings. The summed E-state index contributed by atoms with van der Waals surface area (Å²) in [6.07, 6.45) is 4.48. The second-order valence-corrected chi connectivity index (χ2v) is 6.45. The molecule has 0 aromatic heterocycles. The van der Waals surface area contributed by atoms with E-state index in [0.717, 1.165) is 44.3 Å². The zero-order chi connectivity index (χ0) is 15.9. The van der Waals surface area contributed by atoms with Crippen LogP contribution in [-0.4, -0.2) is 42.5 Å². The molecular weight excluding hydrogens is 304 g/mol. The molecule has 0 atom stereocenters. The topological polar surface area (TPSA) is 6.48 Å². The number of nitrogens with zero attached hydrogens (tertiary/aromatic N) is 2. The lowest BCUT2D eigenvalue weighted by atomic mass is 10.2. The average molecular weight is 327 g/mol. The van der Waals surface area contributed by atoms with Crippen molar-refractivity contribution in [2.75, 3.05) is 32.7 Å². The molecule has 0 N–H and O–H groups in total. The smallest absolute Gasteiger partial charge is 0.0406 e. The zero-order valence-electron chi connectivity index (χ0n) is 13.4. The minimum atomic E-state index is 0.809. The van der Waals surface area contributed by atoms with Crippen molar-refractivity contribution in [2.45, 2.75) is 6.54 Å². The average Bonchev–Trinajstić information content (AvgIpc) is 2.59. The van der Waals surface area contributed by atoms with Gasteiger partial charge in [0.05, 0.1) is 0 Å². The van der Waals surface area contributed by atoms with Gasteiger partial charge >= 0.3 is 0 Å². The molecule has 1 aliphatic heterocycles. The highest BCUT2D eigenvalue weighted by Gasteiger charge is 2.15. The van der Waals surface area contributed by atoms with Crippen molar-refractivity contribution in [2.24, 2.45) is 0 Å². The van der Waals surface area contributed by atoms with Crippen molar-refractivity contribution in [3.8, 4) is 0 Å². The lowest BCUT2D eigenvalue weighted by Crippen LogP contribution is -2.45. The summed E-state index contributed by atoms with van der Waals surface area (Å²) < 4.78 is 0. The second kappa shape index (κ2) is 8.30. The van der Waals surface area contributed by atoms with Crippen LogP contribution in [0, 0.1) is 0 Å². The summed E-state index contributed by atoms with van der Waals surface area (Å²) in [7, 11) is 0. The maximum Gasteiger partial charge on any atom is 0.0406 e. The Morgan fingerprint density at radius 2 is 1.48 bits per heavy atom. The Balaban J connectivity index is 1.41. The third-order valence-electron chi connectivity index (χ3n) is 4.26. The van der Waals surface area contributed by atoms with E-state index in [2.05, 4.69) is 64.4 Å². The normalized spacial score (nSPS) is 16.9. The van der Waals surface area contributed by atoms with E-state index < -0.39 is 0 Å². The Morgan fingerprint density at radius 3 is 2.17 bits per heavy atom. The Morgan fingerprint density at radius 1 is 0.826 bits per heavy atom. The molecule has 2 aromatic carbocycles. The van der Waals surface area contributed by atoms with E-state index in [1.807, 2.05) is 12.1 Å². The van der Waals surface area contributed by atoms with Crippen molar-refractivity contribution in [1.29, 1.82) is 0 Å². The molecule has 0 radical (unpaired) electrons. The first kappa shape index (κ1) is 16.3.